The van der Waals surface area contributed by atoms with Crippen LogP contribution in [0.1, 0.15) is 90.3 Å². The van der Waals surface area contributed by atoms with E-state index in [-0.39, 0.29) is 17.7 Å². The van der Waals surface area contributed by atoms with Gasteiger partial charge in [-0.3, -0.25) is 9.89 Å². The summed E-state index contributed by atoms with van der Waals surface area (Å²) in [6.07, 6.45) is 5.12. The van der Waals surface area contributed by atoms with Gasteiger partial charge in [-0.2, -0.15) is 5.10 Å². The number of carbonyl (C=O) groups excluding carboxylic acids is 1. The number of hydrogen-bond donors (Lipinski definition) is 4. The number of hydrogen-bond acceptors (Lipinski definition) is 5. The summed E-state index contributed by atoms with van der Waals surface area (Å²) >= 11 is 0. The van der Waals surface area contributed by atoms with Gasteiger partial charge in [-0.15, -0.1) is 0 Å². The summed E-state index contributed by atoms with van der Waals surface area (Å²) in [5.74, 6) is 1.15. The Labute approximate surface area is 144 Å². The fourth-order valence-corrected chi connectivity index (χ4v) is 2.40. The second kappa shape index (κ2) is 9.74. The van der Waals surface area contributed by atoms with Gasteiger partial charge >= 0.3 is 0 Å². The van der Waals surface area contributed by atoms with Crippen LogP contribution in [0.2, 0.25) is 0 Å². The van der Waals surface area contributed by atoms with E-state index in [1.165, 1.54) is 12.8 Å². The molecule has 0 aliphatic heterocycles. The maximum Gasteiger partial charge on any atom is 0.220 e. The third-order valence-corrected chi connectivity index (χ3v) is 3.82. The van der Waals surface area contributed by atoms with Gasteiger partial charge in [0, 0.05) is 18.3 Å². The van der Waals surface area contributed by atoms with Gasteiger partial charge in [-0.1, -0.05) is 53.4 Å². The van der Waals surface area contributed by atoms with E-state index in [1.807, 2.05) is 20.8 Å². The van der Waals surface area contributed by atoms with Crippen molar-refractivity contribution in [3.63, 3.8) is 0 Å². The van der Waals surface area contributed by atoms with Gasteiger partial charge in [0.1, 0.15) is 12.1 Å². The zero-order valence-electron chi connectivity index (χ0n) is 15.4. The SMILES string of the molecule is CCCCCCCC(=O)N[C@H](CC(N)O)c1nc(C(C)(C)C)n[nH]1. The molecule has 7 heteroatoms. The quantitative estimate of drug-likeness (QED) is 0.385. The average Bonchev–Trinajstić information content (AvgIpc) is 2.95. The van der Waals surface area contributed by atoms with Crippen LogP contribution in [-0.4, -0.2) is 32.4 Å². The van der Waals surface area contributed by atoms with Crippen molar-refractivity contribution in [2.24, 2.45) is 5.73 Å². The minimum atomic E-state index is -1.02. The van der Waals surface area contributed by atoms with Crippen LogP contribution in [0.3, 0.4) is 0 Å². The first-order valence-corrected chi connectivity index (χ1v) is 8.89. The van der Waals surface area contributed by atoms with Gasteiger partial charge in [0.05, 0.1) is 6.04 Å². The molecule has 0 bridgehead atoms. The lowest BCUT2D eigenvalue weighted by atomic mass is 9.96. The highest BCUT2D eigenvalue weighted by Crippen LogP contribution is 2.21. The Morgan fingerprint density at radius 2 is 1.96 bits per heavy atom. The summed E-state index contributed by atoms with van der Waals surface area (Å²) in [7, 11) is 0. The van der Waals surface area contributed by atoms with E-state index >= 15 is 0 Å². The number of aromatic nitrogens is 3. The molecule has 0 fully saturated rings. The van der Waals surface area contributed by atoms with Crippen LogP contribution in [0.4, 0.5) is 0 Å². The summed E-state index contributed by atoms with van der Waals surface area (Å²) in [6, 6.07) is -0.461. The van der Waals surface area contributed by atoms with E-state index in [0.717, 1.165) is 19.3 Å². The molecule has 0 aliphatic carbocycles. The van der Waals surface area contributed by atoms with Crippen molar-refractivity contribution < 1.29 is 9.90 Å². The normalized spacial score (nSPS) is 14.4. The first kappa shape index (κ1) is 20.6. The number of aliphatic hydroxyl groups is 1. The third kappa shape index (κ3) is 7.40. The molecule has 0 aliphatic rings. The van der Waals surface area contributed by atoms with Gasteiger partial charge < -0.3 is 16.2 Å². The third-order valence-electron chi connectivity index (χ3n) is 3.82. The van der Waals surface area contributed by atoms with E-state index in [1.54, 1.807) is 0 Å². The van der Waals surface area contributed by atoms with Gasteiger partial charge in [0.15, 0.2) is 5.82 Å². The number of H-pyrrole nitrogens is 1. The van der Waals surface area contributed by atoms with Crippen LogP contribution in [0, 0.1) is 0 Å². The fraction of sp³-hybridized carbons (Fsp3) is 0.824. The maximum absolute atomic E-state index is 12.1. The number of nitrogens with zero attached hydrogens (tertiary/aromatic N) is 2. The molecule has 2 atom stereocenters. The molecule has 0 aromatic carbocycles. The molecule has 7 nitrogen and oxygen atoms in total. The zero-order valence-corrected chi connectivity index (χ0v) is 15.4. The molecule has 5 N–H and O–H groups in total. The second-order valence-electron chi connectivity index (χ2n) is 7.38. The van der Waals surface area contributed by atoms with E-state index in [4.69, 9.17) is 5.73 Å². The molecule has 24 heavy (non-hydrogen) atoms. The van der Waals surface area contributed by atoms with E-state index in [9.17, 15) is 9.90 Å². The minimum Gasteiger partial charge on any atom is -0.379 e. The summed E-state index contributed by atoms with van der Waals surface area (Å²) in [5, 5.41) is 19.5. The molecule has 0 saturated carbocycles. The number of unbranched alkanes of at least 4 members (excludes halogenated alkanes) is 4. The molecule has 0 radical (unpaired) electrons. The molecule has 1 amide bonds. The number of rotatable bonds is 10. The summed E-state index contributed by atoms with van der Waals surface area (Å²) < 4.78 is 0. The highest BCUT2D eigenvalue weighted by Gasteiger charge is 2.24. The number of aromatic amines is 1. The molecule has 1 unspecified atom stereocenters. The predicted molar refractivity (Wildman–Crippen MR) is 94.2 cm³/mol. The molecule has 0 saturated heterocycles. The maximum atomic E-state index is 12.1. The van der Waals surface area contributed by atoms with Crippen LogP contribution in [-0.2, 0) is 10.2 Å². The Hall–Kier alpha value is -1.47. The molecular weight excluding hydrogens is 306 g/mol. The smallest absolute Gasteiger partial charge is 0.220 e. The number of carbonyl (C=O) groups is 1. The lowest BCUT2D eigenvalue weighted by molar-refractivity contribution is -0.122. The van der Waals surface area contributed by atoms with Crippen molar-refractivity contribution in [2.45, 2.75) is 90.3 Å². The highest BCUT2D eigenvalue weighted by atomic mass is 16.3. The number of nitrogens with one attached hydrogen (secondary N) is 2. The Kier molecular flexibility index (Phi) is 8.35. The van der Waals surface area contributed by atoms with E-state index in [0.29, 0.717) is 18.1 Å². The molecule has 1 rings (SSSR count). The number of aliphatic hydroxyl groups excluding tert-OH is 1. The van der Waals surface area contributed by atoms with Crippen molar-refractivity contribution in [3.8, 4) is 0 Å². The number of nitrogens with two attached hydrogens (primary N) is 1. The molecule has 1 aromatic rings. The largest absolute Gasteiger partial charge is 0.379 e. The van der Waals surface area contributed by atoms with Gasteiger partial charge in [0.2, 0.25) is 5.91 Å². The van der Waals surface area contributed by atoms with Crippen molar-refractivity contribution in [2.75, 3.05) is 0 Å². The standard InChI is InChI=1S/C17H33N5O2/c1-5-6-7-8-9-10-14(24)19-12(11-13(18)23)15-20-16(22-21-15)17(2,3)4/h12-13,23H,5-11,18H2,1-4H3,(H,19,24)(H,20,21,22)/t12-,13?/m1/s1. The van der Waals surface area contributed by atoms with Crippen LogP contribution >= 0.6 is 0 Å². The Bertz CT molecular complexity index is 493. The zero-order chi connectivity index (χ0) is 18.2. The highest BCUT2D eigenvalue weighted by molar-refractivity contribution is 5.76. The summed E-state index contributed by atoms with van der Waals surface area (Å²) in [6.45, 7) is 8.21. The second-order valence-corrected chi connectivity index (χ2v) is 7.38. The van der Waals surface area contributed by atoms with E-state index in [2.05, 4.69) is 27.4 Å². The number of amides is 1. The molecule has 1 aromatic heterocycles. The lowest BCUT2D eigenvalue weighted by Gasteiger charge is -2.18. The summed E-state index contributed by atoms with van der Waals surface area (Å²) in [4.78, 5) is 16.6. The van der Waals surface area contributed by atoms with Gasteiger partial charge in [-0.05, 0) is 6.42 Å². The van der Waals surface area contributed by atoms with E-state index < -0.39 is 12.3 Å². The minimum absolute atomic E-state index is 0.0501. The topological polar surface area (TPSA) is 117 Å². The van der Waals surface area contributed by atoms with Gasteiger partial charge in [0.25, 0.3) is 0 Å². The van der Waals surface area contributed by atoms with Crippen LogP contribution < -0.4 is 11.1 Å². The van der Waals surface area contributed by atoms with Crippen LogP contribution in [0.5, 0.6) is 0 Å². The molecule has 0 spiro atoms. The van der Waals surface area contributed by atoms with Crippen LogP contribution in [0.15, 0.2) is 0 Å². The monoisotopic (exact) mass is 339 g/mol. The first-order valence-electron chi connectivity index (χ1n) is 8.89. The molecular formula is C17H33N5O2. The Balaban J connectivity index is 2.62. The lowest BCUT2D eigenvalue weighted by Crippen LogP contribution is -2.34. The van der Waals surface area contributed by atoms with Crippen molar-refractivity contribution in [1.82, 2.24) is 20.5 Å². The van der Waals surface area contributed by atoms with Crippen LogP contribution in [0.25, 0.3) is 0 Å². The van der Waals surface area contributed by atoms with Crippen molar-refractivity contribution >= 4 is 5.91 Å². The van der Waals surface area contributed by atoms with Crippen molar-refractivity contribution in [3.05, 3.63) is 11.6 Å². The molecule has 1 heterocycles. The van der Waals surface area contributed by atoms with Crippen molar-refractivity contribution in [1.29, 1.82) is 0 Å². The summed E-state index contributed by atoms with van der Waals surface area (Å²) in [5.41, 5.74) is 5.31. The first-order chi connectivity index (χ1) is 11.2. The predicted octanol–water partition coefficient (Wildman–Crippen LogP) is 2.29. The average molecular weight is 339 g/mol. The van der Waals surface area contributed by atoms with Gasteiger partial charge in [-0.25, -0.2) is 4.98 Å². The fourth-order valence-electron chi connectivity index (χ4n) is 2.40. The Morgan fingerprint density at radius 3 is 2.50 bits per heavy atom. The molecule has 138 valence electrons. The Morgan fingerprint density at radius 1 is 1.29 bits per heavy atom.